The van der Waals surface area contributed by atoms with Crippen molar-refractivity contribution >= 4 is 5.69 Å². The number of aromatic nitrogens is 2. The average Bonchev–Trinajstić information content (AvgIpc) is 3.43. The highest BCUT2D eigenvalue weighted by atomic mass is 19.1. The Balaban J connectivity index is 1.50. The molecule has 1 aliphatic heterocycles. The Labute approximate surface area is 192 Å². The van der Waals surface area contributed by atoms with Gasteiger partial charge in [0, 0.05) is 31.8 Å². The van der Waals surface area contributed by atoms with E-state index < -0.39 is 17.5 Å². The van der Waals surface area contributed by atoms with Crippen LogP contribution in [0, 0.1) is 17.1 Å². The molecule has 3 aromatic carbocycles. The van der Waals surface area contributed by atoms with Crippen molar-refractivity contribution in [1.82, 2.24) is 9.55 Å². The van der Waals surface area contributed by atoms with Crippen LogP contribution in [0.5, 0.6) is 0 Å². The lowest BCUT2D eigenvalue weighted by atomic mass is 9.86. The second-order valence-electron chi connectivity index (χ2n) is 8.64. The van der Waals surface area contributed by atoms with Crippen molar-refractivity contribution in [3.63, 3.8) is 0 Å². The van der Waals surface area contributed by atoms with Crippen LogP contribution >= 0.6 is 0 Å². The monoisotopic (exact) mass is 438 g/mol. The quantitative estimate of drug-likeness (QED) is 0.494. The van der Waals surface area contributed by atoms with Gasteiger partial charge in [-0.2, -0.15) is 5.26 Å². The number of fused-ring (bicyclic) bond motifs is 1. The van der Waals surface area contributed by atoms with Crippen LogP contribution in [-0.2, 0) is 5.60 Å². The van der Waals surface area contributed by atoms with Gasteiger partial charge in [0.2, 0.25) is 0 Å². The Kier molecular flexibility index (Phi) is 4.99. The summed E-state index contributed by atoms with van der Waals surface area (Å²) in [6.45, 7) is 0. The lowest BCUT2D eigenvalue weighted by Crippen LogP contribution is -2.24. The molecule has 0 radical (unpaired) electrons. The Morgan fingerprint density at radius 1 is 1.09 bits per heavy atom. The van der Waals surface area contributed by atoms with E-state index >= 15 is 0 Å². The standard InChI is InChI=1S/C27H23FN4O/c1-31(2)22-5-3-4-20(13-22)19-7-9-21(10-8-19)27(33)14-25(32-17-30-16-26(27)32)23-11-6-18(15-29)12-24(23)28/h3-13,16-17,25,33H,14H2,1-2H3/t25-,27+/m1/s1. The third-order valence-corrected chi connectivity index (χ3v) is 6.46. The van der Waals surface area contributed by atoms with Gasteiger partial charge in [-0.05, 0) is 41.0 Å². The molecule has 4 aromatic rings. The zero-order chi connectivity index (χ0) is 23.2. The third kappa shape index (κ3) is 3.47. The van der Waals surface area contributed by atoms with Gasteiger partial charge in [0.05, 0.1) is 35.9 Å². The van der Waals surface area contributed by atoms with Gasteiger partial charge in [0.15, 0.2) is 0 Å². The summed E-state index contributed by atoms with van der Waals surface area (Å²) in [7, 11) is 4.02. The maximum absolute atomic E-state index is 14.8. The molecule has 0 fully saturated rings. The summed E-state index contributed by atoms with van der Waals surface area (Å²) in [5, 5.41) is 20.8. The highest BCUT2D eigenvalue weighted by Gasteiger charge is 2.45. The molecule has 0 aliphatic carbocycles. The summed E-state index contributed by atoms with van der Waals surface area (Å²) in [6.07, 6.45) is 3.54. The normalized spacial score (nSPS) is 19.2. The van der Waals surface area contributed by atoms with Crippen LogP contribution in [0.3, 0.4) is 0 Å². The van der Waals surface area contributed by atoms with Crippen molar-refractivity contribution in [3.8, 4) is 17.2 Å². The number of nitriles is 1. The van der Waals surface area contributed by atoms with E-state index in [1.165, 1.54) is 6.07 Å². The van der Waals surface area contributed by atoms with E-state index in [-0.39, 0.29) is 12.0 Å². The Hall–Kier alpha value is -3.95. The number of halogens is 1. The minimum absolute atomic E-state index is 0.268. The molecule has 0 spiro atoms. The molecular weight excluding hydrogens is 415 g/mol. The zero-order valence-electron chi connectivity index (χ0n) is 18.4. The first-order valence-corrected chi connectivity index (χ1v) is 10.7. The molecule has 164 valence electrons. The number of hydrogen-bond acceptors (Lipinski definition) is 4. The molecule has 0 saturated heterocycles. The molecule has 0 saturated carbocycles. The van der Waals surface area contributed by atoms with Crippen LogP contribution in [-0.4, -0.2) is 28.8 Å². The number of anilines is 1. The molecule has 2 heterocycles. The molecule has 2 atom stereocenters. The largest absolute Gasteiger partial charge is 0.379 e. The Morgan fingerprint density at radius 3 is 2.58 bits per heavy atom. The SMILES string of the molecule is CN(C)c1cccc(-c2ccc([C@@]3(O)C[C@H](c4ccc(C#N)cc4F)n4cncc43)cc2)c1. The van der Waals surface area contributed by atoms with Gasteiger partial charge in [-0.25, -0.2) is 9.37 Å². The lowest BCUT2D eigenvalue weighted by Gasteiger charge is -2.24. The van der Waals surface area contributed by atoms with Crippen LogP contribution in [0.1, 0.15) is 34.8 Å². The van der Waals surface area contributed by atoms with Gasteiger partial charge in [0.1, 0.15) is 11.4 Å². The molecule has 0 amide bonds. The van der Waals surface area contributed by atoms with Gasteiger partial charge in [0.25, 0.3) is 0 Å². The topological polar surface area (TPSA) is 65.1 Å². The minimum atomic E-state index is -1.30. The van der Waals surface area contributed by atoms with E-state index in [0.717, 1.165) is 22.4 Å². The predicted octanol–water partition coefficient (Wildman–Crippen LogP) is 4.86. The fraction of sp³-hybridized carbons (Fsp3) is 0.185. The highest BCUT2D eigenvalue weighted by Crippen LogP contribution is 2.47. The molecule has 1 aromatic heterocycles. The van der Waals surface area contributed by atoms with Crippen molar-refractivity contribution in [1.29, 1.82) is 5.26 Å². The van der Waals surface area contributed by atoms with E-state index in [0.29, 0.717) is 11.3 Å². The molecule has 6 heteroatoms. The molecular formula is C27H23FN4O. The maximum atomic E-state index is 14.8. The van der Waals surface area contributed by atoms with Gasteiger partial charge >= 0.3 is 0 Å². The lowest BCUT2D eigenvalue weighted by molar-refractivity contribution is 0.0792. The van der Waals surface area contributed by atoms with E-state index in [4.69, 9.17) is 5.26 Å². The highest BCUT2D eigenvalue weighted by molar-refractivity contribution is 5.69. The molecule has 5 nitrogen and oxygen atoms in total. The van der Waals surface area contributed by atoms with Crippen LogP contribution in [0.2, 0.25) is 0 Å². The second-order valence-corrected chi connectivity index (χ2v) is 8.64. The van der Waals surface area contributed by atoms with Crippen LogP contribution in [0.15, 0.2) is 79.3 Å². The number of rotatable bonds is 4. The number of hydrogen-bond donors (Lipinski definition) is 1. The molecule has 1 N–H and O–H groups in total. The van der Waals surface area contributed by atoms with Crippen molar-refractivity contribution in [2.24, 2.45) is 0 Å². The van der Waals surface area contributed by atoms with Crippen molar-refractivity contribution < 1.29 is 9.50 Å². The summed E-state index contributed by atoms with van der Waals surface area (Å²) >= 11 is 0. The molecule has 5 rings (SSSR count). The van der Waals surface area contributed by atoms with E-state index in [1.807, 2.05) is 55.1 Å². The van der Waals surface area contributed by atoms with E-state index in [1.54, 1.807) is 24.7 Å². The second kappa shape index (κ2) is 7.88. The summed E-state index contributed by atoms with van der Waals surface area (Å²) in [5.74, 6) is -0.459. The average molecular weight is 439 g/mol. The minimum Gasteiger partial charge on any atom is -0.379 e. The zero-order valence-corrected chi connectivity index (χ0v) is 18.4. The number of nitrogens with zero attached hydrogens (tertiary/aromatic N) is 4. The predicted molar refractivity (Wildman–Crippen MR) is 125 cm³/mol. The van der Waals surface area contributed by atoms with Gasteiger partial charge in [-0.1, -0.05) is 42.5 Å². The van der Waals surface area contributed by atoms with Crippen LogP contribution in [0.4, 0.5) is 10.1 Å². The van der Waals surface area contributed by atoms with Gasteiger partial charge in [-0.15, -0.1) is 0 Å². The van der Waals surface area contributed by atoms with Crippen molar-refractivity contribution in [2.45, 2.75) is 18.1 Å². The number of benzene rings is 3. The Bertz CT molecular complexity index is 1370. The fourth-order valence-corrected chi connectivity index (χ4v) is 4.65. The van der Waals surface area contributed by atoms with E-state index in [9.17, 15) is 9.50 Å². The van der Waals surface area contributed by atoms with Crippen LogP contribution < -0.4 is 4.90 Å². The Morgan fingerprint density at radius 2 is 1.88 bits per heavy atom. The smallest absolute Gasteiger partial charge is 0.133 e. The molecule has 0 unspecified atom stereocenters. The summed E-state index contributed by atoms with van der Waals surface area (Å²) in [4.78, 5) is 6.28. The fourth-order valence-electron chi connectivity index (χ4n) is 4.65. The number of imidazole rings is 1. The molecule has 0 bridgehead atoms. The summed E-state index contributed by atoms with van der Waals surface area (Å²) < 4.78 is 16.6. The molecule has 33 heavy (non-hydrogen) atoms. The van der Waals surface area contributed by atoms with Crippen LogP contribution in [0.25, 0.3) is 11.1 Å². The van der Waals surface area contributed by atoms with E-state index in [2.05, 4.69) is 28.1 Å². The summed E-state index contributed by atoms with van der Waals surface area (Å²) in [5.41, 5.74) is 4.01. The maximum Gasteiger partial charge on any atom is 0.133 e. The molecule has 1 aliphatic rings. The summed E-state index contributed by atoms with van der Waals surface area (Å²) in [6, 6.07) is 22.1. The van der Waals surface area contributed by atoms with Gasteiger partial charge < -0.3 is 14.6 Å². The first kappa shape index (κ1) is 20.9. The first-order valence-electron chi connectivity index (χ1n) is 10.7. The van der Waals surface area contributed by atoms with Crippen molar-refractivity contribution in [3.05, 3.63) is 107 Å². The third-order valence-electron chi connectivity index (χ3n) is 6.46. The van der Waals surface area contributed by atoms with Crippen molar-refractivity contribution in [2.75, 3.05) is 19.0 Å². The van der Waals surface area contributed by atoms with Gasteiger partial charge in [-0.3, -0.25) is 0 Å². The number of aliphatic hydroxyl groups is 1. The first-order chi connectivity index (χ1) is 15.9.